The highest BCUT2D eigenvalue weighted by atomic mass is 19.1. The number of rotatable bonds is 6. The van der Waals surface area contributed by atoms with Crippen molar-refractivity contribution in [3.05, 3.63) is 41.7 Å². The molecule has 0 N–H and O–H groups in total. The van der Waals surface area contributed by atoms with Gasteiger partial charge >= 0.3 is 0 Å². The fourth-order valence-electron chi connectivity index (χ4n) is 2.40. The Morgan fingerprint density at radius 1 is 1.21 bits per heavy atom. The fraction of sp³-hybridized carbons (Fsp3) is 0.438. The molecule has 0 radical (unpaired) electrons. The van der Waals surface area contributed by atoms with Crippen molar-refractivity contribution in [1.29, 1.82) is 0 Å². The van der Waals surface area contributed by atoms with Gasteiger partial charge in [0.05, 0.1) is 0 Å². The van der Waals surface area contributed by atoms with Crippen LogP contribution in [0, 0.1) is 5.82 Å². The Hall–Kier alpha value is -1.48. The van der Waals surface area contributed by atoms with Crippen LogP contribution in [0.2, 0.25) is 0 Å². The molecule has 3 heteroatoms. The molecule has 0 fully saturated rings. The Kier molecular flexibility index (Phi) is 5.28. The van der Waals surface area contributed by atoms with E-state index in [0.29, 0.717) is 6.42 Å². The third-order valence-corrected chi connectivity index (χ3v) is 3.55. The Labute approximate surface area is 113 Å². The standard InChI is InChI=1S/C16H20FNO/c17-16-6-4-14(5-7-16)15-8-11-18(12-9-15)10-2-1-3-13-19/h4-8,13H,1-3,9-12H2. The summed E-state index contributed by atoms with van der Waals surface area (Å²) in [6, 6.07) is 6.73. The first kappa shape index (κ1) is 13.9. The smallest absolute Gasteiger partial charge is 0.123 e. The Morgan fingerprint density at radius 2 is 2.00 bits per heavy atom. The second kappa shape index (κ2) is 7.19. The molecular weight excluding hydrogens is 241 g/mol. The third kappa shape index (κ3) is 4.28. The molecule has 0 spiro atoms. The number of aldehydes is 1. The van der Waals surface area contributed by atoms with Gasteiger partial charge in [-0.1, -0.05) is 18.2 Å². The Bertz CT molecular complexity index is 439. The van der Waals surface area contributed by atoms with Gasteiger partial charge in [-0.05, 0) is 49.1 Å². The van der Waals surface area contributed by atoms with Gasteiger partial charge in [-0.25, -0.2) is 4.39 Å². The predicted molar refractivity (Wildman–Crippen MR) is 75.3 cm³/mol. The van der Waals surface area contributed by atoms with Crippen molar-refractivity contribution in [3.63, 3.8) is 0 Å². The predicted octanol–water partition coefficient (Wildman–Crippen LogP) is 3.28. The molecule has 0 aromatic heterocycles. The highest BCUT2D eigenvalue weighted by molar-refractivity contribution is 5.66. The second-order valence-electron chi connectivity index (χ2n) is 4.95. The highest BCUT2D eigenvalue weighted by Crippen LogP contribution is 2.22. The molecule has 1 aromatic carbocycles. The van der Waals surface area contributed by atoms with Crippen LogP contribution in [0.3, 0.4) is 0 Å². The van der Waals surface area contributed by atoms with Crippen molar-refractivity contribution in [3.8, 4) is 0 Å². The van der Waals surface area contributed by atoms with Crippen molar-refractivity contribution < 1.29 is 9.18 Å². The molecule has 2 nitrogen and oxygen atoms in total. The lowest BCUT2D eigenvalue weighted by atomic mass is 9.99. The molecule has 1 aliphatic heterocycles. The van der Waals surface area contributed by atoms with Crippen LogP contribution in [0.4, 0.5) is 4.39 Å². The maximum atomic E-state index is 12.9. The fourth-order valence-corrected chi connectivity index (χ4v) is 2.40. The molecule has 1 heterocycles. The first-order valence-electron chi connectivity index (χ1n) is 6.90. The maximum Gasteiger partial charge on any atom is 0.123 e. The molecule has 0 aliphatic carbocycles. The lowest BCUT2D eigenvalue weighted by molar-refractivity contribution is -0.107. The van der Waals surface area contributed by atoms with Crippen LogP contribution in [0.1, 0.15) is 31.2 Å². The number of carbonyl (C=O) groups is 1. The van der Waals surface area contributed by atoms with Gasteiger partial charge in [-0.3, -0.25) is 4.90 Å². The highest BCUT2D eigenvalue weighted by Gasteiger charge is 2.12. The van der Waals surface area contributed by atoms with Crippen LogP contribution < -0.4 is 0 Å². The number of halogens is 1. The minimum Gasteiger partial charge on any atom is -0.303 e. The average molecular weight is 261 g/mol. The van der Waals surface area contributed by atoms with Crippen LogP contribution in [-0.4, -0.2) is 30.8 Å². The Balaban J connectivity index is 1.82. The van der Waals surface area contributed by atoms with E-state index in [1.165, 1.54) is 17.7 Å². The lowest BCUT2D eigenvalue weighted by Gasteiger charge is -2.26. The zero-order valence-electron chi connectivity index (χ0n) is 11.1. The molecule has 0 bridgehead atoms. The molecular formula is C16H20FNO. The molecule has 102 valence electrons. The van der Waals surface area contributed by atoms with Gasteiger partial charge in [0.25, 0.3) is 0 Å². The quantitative estimate of drug-likeness (QED) is 0.578. The zero-order valence-corrected chi connectivity index (χ0v) is 11.1. The number of unbranched alkanes of at least 4 members (excludes halogenated alkanes) is 2. The lowest BCUT2D eigenvalue weighted by Crippen LogP contribution is -2.29. The largest absolute Gasteiger partial charge is 0.303 e. The third-order valence-electron chi connectivity index (χ3n) is 3.55. The summed E-state index contributed by atoms with van der Waals surface area (Å²) in [5.74, 6) is -0.183. The molecule has 0 unspecified atom stereocenters. The Morgan fingerprint density at radius 3 is 2.63 bits per heavy atom. The minimum absolute atomic E-state index is 0.183. The zero-order chi connectivity index (χ0) is 13.5. The summed E-state index contributed by atoms with van der Waals surface area (Å²) in [6.45, 7) is 3.05. The summed E-state index contributed by atoms with van der Waals surface area (Å²) < 4.78 is 12.9. The van der Waals surface area contributed by atoms with Crippen LogP contribution in [0.25, 0.3) is 5.57 Å². The minimum atomic E-state index is -0.183. The van der Waals surface area contributed by atoms with Crippen molar-refractivity contribution in [2.45, 2.75) is 25.7 Å². The topological polar surface area (TPSA) is 20.3 Å². The van der Waals surface area contributed by atoms with Gasteiger partial charge in [0.15, 0.2) is 0 Å². The number of carbonyl (C=O) groups excluding carboxylic acids is 1. The van der Waals surface area contributed by atoms with E-state index in [0.717, 1.165) is 50.7 Å². The van der Waals surface area contributed by atoms with Crippen molar-refractivity contribution in [2.24, 2.45) is 0 Å². The maximum absolute atomic E-state index is 12.9. The van der Waals surface area contributed by atoms with Crippen molar-refractivity contribution in [2.75, 3.05) is 19.6 Å². The molecule has 2 rings (SSSR count). The average Bonchev–Trinajstić information content (AvgIpc) is 2.45. The van der Waals surface area contributed by atoms with Gasteiger partial charge in [0.2, 0.25) is 0 Å². The molecule has 0 saturated heterocycles. The van der Waals surface area contributed by atoms with Gasteiger partial charge in [-0.15, -0.1) is 0 Å². The van der Waals surface area contributed by atoms with Crippen molar-refractivity contribution in [1.82, 2.24) is 4.90 Å². The van der Waals surface area contributed by atoms with E-state index in [9.17, 15) is 9.18 Å². The van der Waals surface area contributed by atoms with E-state index in [-0.39, 0.29) is 5.82 Å². The number of benzene rings is 1. The number of hydrogen-bond acceptors (Lipinski definition) is 2. The van der Waals surface area contributed by atoms with Gasteiger partial charge in [-0.2, -0.15) is 0 Å². The van der Waals surface area contributed by atoms with Gasteiger partial charge in [0.1, 0.15) is 12.1 Å². The van der Waals surface area contributed by atoms with Gasteiger partial charge in [0, 0.05) is 19.5 Å². The van der Waals surface area contributed by atoms with Crippen molar-refractivity contribution >= 4 is 11.9 Å². The van der Waals surface area contributed by atoms with E-state index >= 15 is 0 Å². The molecule has 1 aromatic rings. The number of hydrogen-bond donors (Lipinski definition) is 0. The molecule has 0 saturated carbocycles. The molecule has 1 aliphatic rings. The van der Waals surface area contributed by atoms with E-state index in [2.05, 4.69) is 11.0 Å². The van der Waals surface area contributed by atoms with Crippen LogP contribution in [0.5, 0.6) is 0 Å². The number of nitrogens with zero attached hydrogens (tertiary/aromatic N) is 1. The first-order chi connectivity index (χ1) is 9.29. The van der Waals surface area contributed by atoms with E-state index in [1.807, 2.05) is 12.1 Å². The SMILES string of the molecule is O=CCCCCN1CC=C(c2ccc(F)cc2)CC1. The van der Waals surface area contributed by atoms with E-state index < -0.39 is 0 Å². The molecule has 0 amide bonds. The second-order valence-corrected chi connectivity index (χ2v) is 4.95. The summed E-state index contributed by atoms with van der Waals surface area (Å²) in [4.78, 5) is 12.6. The monoisotopic (exact) mass is 261 g/mol. The molecule has 19 heavy (non-hydrogen) atoms. The summed E-state index contributed by atoms with van der Waals surface area (Å²) in [5.41, 5.74) is 2.44. The summed E-state index contributed by atoms with van der Waals surface area (Å²) >= 11 is 0. The molecule has 0 atom stereocenters. The van der Waals surface area contributed by atoms with Crippen LogP contribution >= 0.6 is 0 Å². The van der Waals surface area contributed by atoms with E-state index in [1.54, 1.807) is 0 Å². The van der Waals surface area contributed by atoms with Gasteiger partial charge < -0.3 is 4.79 Å². The van der Waals surface area contributed by atoms with Crippen LogP contribution in [0.15, 0.2) is 30.3 Å². The summed E-state index contributed by atoms with van der Waals surface area (Å²) in [7, 11) is 0. The summed E-state index contributed by atoms with van der Waals surface area (Å²) in [5, 5.41) is 0. The van der Waals surface area contributed by atoms with Crippen LogP contribution in [-0.2, 0) is 4.79 Å². The van der Waals surface area contributed by atoms with E-state index in [4.69, 9.17) is 0 Å². The first-order valence-corrected chi connectivity index (χ1v) is 6.90. The normalized spacial score (nSPS) is 16.2. The summed E-state index contributed by atoms with van der Waals surface area (Å²) in [6.07, 6.45) is 6.97.